The molecule has 2 amide bonds. The van der Waals surface area contributed by atoms with Crippen LogP contribution in [-0.2, 0) is 39.9 Å². The van der Waals surface area contributed by atoms with Gasteiger partial charge in [-0.15, -0.1) is 0 Å². The molecule has 1 aliphatic heterocycles. The van der Waals surface area contributed by atoms with Gasteiger partial charge in [-0.2, -0.15) is 15.5 Å². The second-order valence-electron chi connectivity index (χ2n) is 17.9. The number of fused-ring (bicyclic) bond motifs is 2. The van der Waals surface area contributed by atoms with Gasteiger partial charge in [0.2, 0.25) is 0 Å². The minimum Gasteiger partial charge on any atom is -0.446 e. The van der Waals surface area contributed by atoms with Crippen LogP contribution in [-0.4, -0.2) is 70.1 Å². The maximum Gasteiger partial charge on any atom is 0.407 e. The molecule has 1 spiro atoms. The summed E-state index contributed by atoms with van der Waals surface area (Å²) < 4.78 is 16.5. The van der Waals surface area contributed by atoms with E-state index in [1.54, 1.807) is 0 Å². The third-order valence-electron chi connectivity index (χ3n) is 12.2. The van der Waals surface area contributed by atoms with Gasteiger partial charge < -0.3 is 35.5 Å². The lowest BCUT2D eigenvalue weighted by molar-refractivity contribution is -0.106. The smallest absolute Gasteiger partial charge is 0.407 e. The van der Waals surface area contributed by atoms with Crippen molar-refractivity contribution >= 4 is 35.2 Å². The minimum absolute atomic E-state index is 0.0343. The Kier molecular flexibility index (Phi) is 11.8. The highest BCUT2D eigenvalue weighted by molar-refractivity contribution is 5.68. The summed E-state index contributed by atoms with van der Waals surface area (Å²) in [6.07, 6.45) is 8.50. The molecule has 3 fully saturated rings. The number of nitriles is 1. The lowest BCUT2D eigenvalue weighted by Gasteiger charge is -2.37. The van der Waals surface area contributed by atoms with Crippen molar-refractivity contribution < 1.29 is 23.8 Å². The van der Waals surface area contributed by atoms with E-state index in [2.05, 4.69) is 84.1 Å². The summed E-state index contributed by atoms with van der Waals surface area (Å²) in [4.78, 5) is 23.6. The molecule has 14 nitrogen and oxygen atoms in total. The predicted molar refractivity (Wildman–Crippen MR) is 224 cm³/mol. The molecule has 2 aromatic carbocycles. The van der Waals surface area contributed by atoms with Crippen LogP contribution in [0.4, 0.5) is 32.6 Å². The molecule has 59 heavy (non-hydrogen) atoms. The summed E-state index contributed by atoms with van der Waals surface area (Å²) in [5, 5.41) is 36.6. The fourth-order valence-electron chi connectivity index (χ4n) is 9.31. The first-order valence-corrected chi connectivity index (χ1v) is 21.3. The number of nitrogens with zero attached hydrogens (tertiary/aromatic N) is 3. The van der Waals surface area contributed by atoms with E-state index in [1.165, 1.54) is 22.3 Å². The van der Waals surface area contributed by atoms with Crippen molar-refractivity contribution in [2.75, 3.05) is 23.8 Å². The number of H-pyrrole nitrogens is 2. The number of nitrogens with one attached hydrogen (secondary N) is 6. The Morgan fingerprint density at radius 1 is 0.729 bits per heavy atom. The van der Waals surface area contributed by atoms with Crippen LogP contribution in [0.5, 0.6) is 0 Å². The Hall–Kier alpha value is -5.55. The Balaban J connectivity index is 0.000000164. The molecule has 4 aliphatic carbocycles. The van der Waals surface area contributed by atoms with E-state index in [1.807, 2.05) is 39.8 Å². The van der Waals surface area contributed by atoms with Gasteiger partial charge in [-0.25, -0.2) is 9.59 Å². The van der Waals surface area contributed by atoms with E-state index >= 15 is 0 Å². The first kappa shape index (κ1) is 40.2. The summed E-state index contributed by atoms with van der Waals surface area (Å²) in [5.74, 6) is 2.34. The number of amides is 2. The molecule has 0 bridgehead atoms. The maximum atomic E-state index is 11.8. The highest BCUT2D eigenvalue weighted by atomic mass is 16.6. The van der Waals surface area contributed by atoms with E-state index in [0.717, 1.165) is 112 Å². The number of aromatic amines is 2. The van der Waals surface area contributed by atoms with Gasteiger partial charge in [-0.1, -0.05) is 12.1 Å². The first-order valence-electron chi connectivity index (χ1n) is 21.3. The molecule has 312 valence electrons. The SMILES string of the molecule is CC(C)NC(=O)OC1CC[C@H](c2cc(Nc3ccc4c(c3)CC3(COC3)C4)n[nH]2)C1.CC(C)NC(=O)O[C@@H]1CC[C@H](c2cc(Nc3ccc4c(c3)CC(C#N)C4)n[nH]2)C1. The molecule has 14 heteroatoms. The van der Waals surface area contributed by atoms with Crippen molar-refractivity contribution in [3.63, 3.8) is 0 Å². The zero-order valence-corrected chi connectivity index (χ0v) is 34.5. The van der Waals surface area contributed by atoms with E-state index < -0.39 is 0 Å². The van der Waals surface area contributed by atoms with Gasteiger partial charge in [0.25, 0.3) is 0 Å². The topological polar surface area (TPSA) is 191 Å². The van der Waals surface area contributed by atoms with E-state index in [9.17, 15) is 9.59 Å². The lowest BCUT2D eigenvalue weighted by Crippen LogP contribution is -2.43. The number of anilines is 4. The van der Waals surface area contributed by atoms with Crippen LogP contribution in [0.2, 0.25) is 0 Å². The fraction of sp³-hybridized carbons (Fsp3) is 0.533. The van der Waals surface area contributed by atoms with E-state index in [-0.39, 0.29) is 42.4 Å². The number of alkyl carbamates (subject to hydrolysis) is 2. The van der Waals surface area contributed by atoms with Crippen molar-refractivity contribution in [1.82, 2.24) is 31.0 Å². The highest BCUT2D eigenvalue weighted by Crippen LogP contribution is 2.44. The van der Waals surface area contributed by atoms with E-state index in [0.29, 0.717) is 17.3 Å². The van der Waals surface area contributed by atoms with Crippen molar-refractivity contribution in [1.29, 1.82) is 5.26 Å². The number of carbonyl (C=O) groups excluding carboxylic acids is 2. The molecule has 3 heterocycles. The van der Waals surface area contributed by atoms with Gasteiger partial charge in [0.1, 0.15) is 12.2 Å². The standard InChI is InChI=1S/C23H30N4O3.C22H27N5O2/c1-14(2)24-22(28)30-19-6-4-15(8-19)20-9-21(27-26-20)25-18-5-3-16-10-23(12-29-13-23)11-17(16)7-18;1-13(2)24-22(28)29-19-6-4-16(10-19)20-11-21(27-26-20)25-18-5-3-15-7-14(12-23)8-17(15)9-18/h3,5,7,9,14-15,19H,4,6,8,10-13H2,1-2H3,(H,24,28)(H2,25,26,27);3,5,9,11,13-14,16,19H,4,6-8,10H2,1-2H3,(H,24,28)(H2,25,26,27)/t15-,19?;14?,16-,19+/m00/s1. The maximum absolute atomic E-state index is 11.8. The zero-order valence-electron chi connectivity index (χ0n) is 34.5. The minimum atomic E-state index is -0.340. The summed E-state index contributed by atoms with van der Waals surface area (Å²) in [5.41, 5.74) is 9.96. The molecule has 1 saturated heterocycles. The van der Waals surface area contributed by atoms with Crippen LogP contribution in [0.25, 0.3) is 0 Å². The molecule has 2 saturated carbocycles. The zero-order chi connectivity index (χ0) is 41.1. The second-order valence-corrected chi connectivity index (χ2v) is 17.9. The van der Waals surface area contributed by atoms with Crippen molar-refractivity contribution in [2.24, 2.45) is 11.3 Å². The number of benzene rings is 2. The third-order valence-corrected chi connectivity index (χ3v) is 12.2. The monoisotopic (exact) mass is 803 g/mol. The Morgan fingerprint density at radius 2 is 1.24 bits per heavy atom. The molecular formula is C45H57N9O5. The molecule has 6 N–H and O–H groups in total. The summed E-state index contributed by atoms with van der Waals surface area (Å²) in [6, 6.07) is 19.5. The second kappa shape index (κ2) is 17.4. The Bertz CT molecular complexity index is 2170. The lowest BCUT2D eigenvalue weighted by atomic mass is 9.83. The molecule has 2 unspecified atom stereocenters. The van der Waals surface area contributed by atoms with E-state index in [4.69, 9.17) is 19.5 Å². The number of rotatable bonds is 10. The van der Waals surface area contributed by atoms with Gasteiger partial charge in [-0.05, 0) is 138 Å². The van der Waals surface area contributed by atoms with Gasteiger partial charge in [0.05, 0.1) is 25.2 Å². The molecule has 5 atom stereocenters. The molecule has 9 rings (SSSR count). The van der Waals surface area contributed by atoms with Crippen molar-refractivity contribution in [3.8, 4) is 6.07 Å². The van der Waals surface area contributed by atoms with Crippen molar-refractivity contribution in [3.05, 3.63) is 82.2 Å². The quantitative estimate of drug-likeness (QED) is 0.0911. The first-order chi connectivity index (χ1) is 28.5. The fourth-order valence-corrected chi connectivity index (χ4v) is 9.31. The number of hydrogen-bond acceptors (Lipinski definition) is 10. The number of ether oxygens (including phenoxy) is 3. The van der Waals surface area contributed by atoms with Crippen LogP contribution in [0, 0.1) is 22.7 Å². The summed E-state index contributed by atoms with van der Waals surface area (Å²) in [6.45, 7) is 9.47. The van der Waals surface area contributed by atoms with Crippen molar-refractivity contribution in [2.45, 2.75) is 128 Å². The number of aromatic nitrogens is 4. The summed E-state index contributed by atoms with van der Waals surface area (Å²) in [7, 11) is 0. The van der Waals surface area contributed by atoms with Crippen LogP contribution >= 0.6 is 0 Å². The number of hydrogen-bond donors (Lipinski definition) is 6. The molecule has 4 aromatic rings. The molecule has 5 aliphatic rings. The molecular weight excluding hydrogens is 747 g/mol. The summed E-state index contributed by atoms with van der Waals surface area (Å²) >= 11 is 0. The largest absolute Gasteiger partial charge is 0.446 e. The van der Waals surface area contributed by atoms with Crippen LogP contribution in [0.15, 0.2) is 48.5 Å². The third kappa shape index (κ3) is 9.84. The highest BCUT2D eigenvalue weighted by Gasteiger charge is 2.43. The molecule has 2 aromatic heterocycles. The van der Waals surface area contributed by atoms with Gasteiger partial charge >= 0.3 is 12.2 Å². The Morgan fingerprint density at radius 3 is 1.75 bits per heavy atom. The molecule has 0 radical (unpaired) electrons. The Labute approximate surface area is 345 Å². The van der Waals surface area contributed by atoms with Crippen LogP contribution < -0.4 is 21.3 Å². The van der Waals surface area contributed by atoms with Gasteiger partial charge in [0.15, 0.2) is 11.6 Å². The average Bonchev–Trinajstić information content (AvgIpc) is 4.03. The van der Waals surface area contributed by atoms with Crippen LogP contribution in [0.1, 0.15) is 112 Å². The van der Waals surface area contributed by atoms with Crippen LogP contribution in [0.3, 0.4) is 0 Å². The van der Waals surface area contributed by atoms with Gasteiger partial charge in [0, 0.05) is 64.2 Å². The number of carbonyl (C=O) groups is 2. The van der Waals surface area contributed by atoms with Gasteiger partial charge in [-0.3, -0.25) is 10.2 Å². The average molecular weight is 804 g/mol. The predicted octanol–water partition coefficient (Wildman–Crippen LogP) is 8.20. The normalized spacial score (nSPS) is 23.4.